The Labute approximate surface area is 93.4 Å². The zero-order valence-electron chi connectivity index (χ0n) is 8.61. The Hall–Kier alpha value is -1.03. The van der Waals surface area contributed by atoms with Gasteiger partial charge in [-0.2, -0.15) is 0 Å². The van der Waals surface area contributed by atoms with Crippen molar-refractivity contribution in [3.8, 4) is 5.75 Å². The fraction of sp³-hybridized carbons (Fsp3) is 0.545. The molecule has 15 heavy (non-hydrogen) atoms. The second kappa shape index (κ2) is 6.45. The highest BCUT2D eigenvalue weighted by atomic mass is 32.1. The maximum Gasteiger partial charge on any atom is 0.303 e. The lowest BCUT2D eigenvalue weighted by Gasteiger charge is -1.99. The quantitative estimate of drug-likeness (QED) is 0.705. The summed E-state index contributed by atoms with van der Waals surface area (Å²) in [5, 5.41) is 19.7. The number of rotatable bonds is 7. The number of aliphatic carboxylic acids is 1. The van der Waals surface area contributed by atoms with E-state index in [1.165, 1.54) is 0 Å². The second-order valence-corrected chi connectivity index (χ2v) is 4.54. The lowest BCUT2D eigenvalue weighted by Crippen LogP contribution is -1.93. The molecule has 0 bridgehead atoms. The summed E-state index contributed by atoms with van der Waals surface area (Å²) in [5.41, 5.74) is 0. The first-order valence-corrected chi connectivity index (χ1v) is 6.05. The Morgan fingerprint density at radius 2 is 2.00 bits per heavy atom. The van der Waals surface area contributed by atoms with E-state index in [4.69, 9.17) is 5.11 Å². The van der Waals surface area contributed by atoms with E-state index < -0.39 is 5.97 Å². The fourth-order valence-corrected chi connectivity index (χ4v) is 2.25. The molecule has 1 heterocycles. The van der Waals surface area contributed by atoms with Gasteiger partial charge < -0.3 is 10.2 Å². The van der Waals surface area contributed by atoms with Crippen molar-refractivity contribution in [2.24, 2.45) is 0 Å². The molecule has 4 heteroatoms. The summed E-state index contributed by atoms with van der Waals surface area (Å²) in [5.74, 6) is -0.323. The van der Waals surface area contributed by atoms with Crippen LogP contribution in [0.4, 0.5) is 0 Å². The van der Waals surface area contributed by atoms with Gasteiger partial charge in [0.05, 0.1) is 0 Å². The van der Waals surface area contributed by atoms with Gasteiger partial charge in [-0.05, 0) is 30.7 Å². The molecule has 0 aliphatic rings. The monoisotopic (exact) mass is 228 g/mol. The molecule has 0 spiro atoms. The highest BCUT2D eigenvalue weighted by molar-refractivity contribution is 7.10. The Balaban J connectivity index is 2.03. The van der Waals surface area contributed by atoms with Crippen LogP contribution in [0.25, 0.3) is 0 Å². The summed E-state index contributed by atoms with van der Waals surface area (Å²) >= 11 is 1.57. The van der Waals surface area contributed by atoms with E-state index in [-0.39, 0.29) is 6.42 Å². The molecule has 0 radical (unpaired) electrons. The molecule has 1 aromatic rings. The first kappa shape index (κ1) is 12.0. The van der Waals surface area contributed by atoms with Crippen LogP contribution in [0.1, 0.15) is 37.0 Å². The number of carboxylic acid groups (broad SMARTS) is 1. The average Bonchev–Trinajstić information content (AvgIpc) is 2.57. The van der Waals surface area contributed by atoms with Crippen molar-refractivity contribution in [1.82, 2.24) is 0 Å². The minimum Gasteiger partial charge on any atom is -0.507 e. The summed E-state index contributed by atoms with van der Waals surface area (Å²) in [6, 6.07) is 1.71. The predicted octanol–water partition coefficient (Wildman–Crippen LogP) is 3.03. The highest BCUT2D eigenvalue weighted by Gasteiger charge is 2.02. The molecule has 0 saturated carbocycles. The van der Waals surface area contributed by atoms with Gasteiger partial charge in [-0.15, -0.1) is 11.3 Å². The van der Waals surface area contributed by atoms with E-state index in [0.717, 1.165) is 37.0 Å². The van der Waals surface area contributed by atoms with Gasteiger partial charge in [-0.25, -0.2) is 0 Å². The number of hydrogen-bond acceptors (Lipinski definition) is 3. The third-order valence-corrected chi connectivity index (χ3v) is 3.24. The molecule has 0 saturated heterocycles. The fourth-order valence-electron chi connectivity index (χ4n) is 1.44. The van der Waals surface area contributed by atoms with Crippen LogP contribution in [0.2, 0.25) is 0 Å². The van der Waals surface area contributed by atoms with Crippen molar-refractivity contribution < 1.29 is 15.0 Å². The number of unbranched alkanes of at least 4 members (excludes halogenated alkanes) is 3. The highest BCUT2D eigenvalue weighted by Crippen LogP contribution is 2.25. The molecule has 84 valence electrons. The molecule has 0 unspecified atom stereocenters. The molecule has 1 aromatic heterocycles. The molecule has 3 nitrogen and oxygen atoms in total. The lowest BCUT2D eigenvalue weighted by atomic mass is 10.1. The van der Waals surface area contributed by atoms with Crippen LogP contribution in [-0.2, 0) is 11.2 Å². The Morgan fingerprint density at radius 3 is 2.60 bits per heavy atom. The van der Waals surface area contributed by atoms with E-state index in [9.17, 15) is 9.90 Å². The van der Waals surface area contributed by atoms with Gasteiger partial charge in [-0.3, -0.25) is 4.79 Å². The van der Waals surface area contributed by atoms with Crippen LogP contribution in [0.15, 0.2) is 11.4 Å². The molecule has 0 amide bonds. The largest absolute Gasteiger partial charge is 0.507 e. The number of aromatic hydroxyl groups is 1. The summed E-state index contributed by atoms with van der Waals surface area (Å²) in [6.45, 7) is 0. The molecular formula is C11H16O3S. The number of aryl methyl sites for hydroxylation is 1. The number of carboxylic acids is 1. The molecule has 0 fully saturated rings. The molecule has 0 aliphatic carbocycles. The van der Waals surface area contributed by atoms with Gasteiger partial charge in [0.15, 0.2) is 0 Å². The Kier molecular flexibility index (Phi) is 5.18. The van der Waals surface area contributed by atoms with Crippen molar-refractivity contribution in [2.45, 2.75) is 38.5 Å². The smallest absolute Gasteiger partial charge is 0.303 e. The van der Waals surface area contributed by atoms with E-state index in [2.05, 4.69) is 0 Å². The van der Waals surface area contributed by atoms with Crippen LogP contribution >= 0.6 is 11.3 Å². The minimum absolute atomic E-state index is 0.268. The zero-order chi connectivity index (χ0) is 11.1. The number of hydrogen-bond donors (Lipinski definition) is 2. The van der Waals surface area contributed by atoms with Crippen LogP contribution in [0, 0.1) is 0 Å². The molecule has 1 rings (SSSR count). The van der Waals surface area contributed by atoms with Gasteiger partial charge in [0, 0.05) is 11.3 Å². The van der Waals surface area contributed by atoms with Gasteiger partial charge in [0.1, 0.15) is 5.75 Å². The normalized spacial score (nSPS) is 10.4. The summed E-state index contributed by atoms with van der Waals surface area (Å²) in [6.07, 6.45) is 4.93. The Morgan fingerprint density at radius 1 is 1.27 bits per heavy atom. The standard InChI is InChI=1S/C11H16O3S/c12-9-7-8-15-10(9)5-3-1-2-4-6-11(13)14/h7-8,12H,1-6H2,(H,13,14). The molecule has 2 N–H and O–H groups in total. The van der Waals surface area contributed by atoms with E-state index >= 15 is 0 Å². The summed E-state index contributed by atoms with van der Waals surface area (Å²) in [7, 11) is 0. The topological polar surface area (TPSA) is 57.5 Å². The van der Waals surface area contributed by atoms with Gasteiger partial charge in [0.25, 0.3) is 0 Å². The average molecular weight is 228 g/mol. The van der Waals surface area contributed by atoms with Crippen molar-refractivity contribution in [3.05, 3.63) is 16.3 Å². The third kappa shape index (κ3) is 4.83. The molecule has 0 atom stereocenters. The SMILES string of the molecule is O=C(O)CCCCCCc1sccc1O. The van der Waals surface area contributed by atoms with E-state index in [0.29, 0.717) is 5.75 Å². The van der Waals surface area contributed by atoms with Crippen molar-refractivity contribution in [3.63, 3.8) is 0 Å². The van der Waals surface area contributed by atoms with Gasteiger partial charge in [-0.1, -0.05) is 12.8 Å². The molecule has 0 aromatic carbocycles. The predicted molar refractivity (Wildman–Crippen MR) is 60.4 cm³/mol. The molecule has 0 aliphatic heterocycles. The molecular weight excluding hydrogens is 212 g/mol. The summed E-state index contributed by atoms with van der Waals surface area (Å²) < 4.78 is 0. The van der Waals surface area contributed by atoms with Crippen LogP contribution in [-0.4, -0.2) is 16.2 Å². The van der Waals surface area contributed by atoms with Crippen LogP contribution < -0.4 is 0 Å². The lowest BCUT2D eigenvalue weighted by molar-refractivity contribution is -0.137. The summed E-state index contributed by atoms with van der Waals surface area (Å²) in [4.78, 5) is 11.3. The van der Waals surface area contributed by atoms with E-state index in [1.54, 1.807) is 17.4 Å². The zero-order valence-corrected chi connectivity index (χ0v) is 9.42. The van der Waals surface area contributed by atoms with Crippen LogP contribution in [0.5, 0.6) is 5.75 Å². The Bertz CT molecular complexity index is 307. The maximum atomic E-state index is 10.2. The second-order valence-electron chi connectivity index (χ2n) is 3.54. The first-order valence-electron chi connectivity index (χ1n) is 5.17. The maximum absolute atomic E-state index is 10.2. The van der Waals surface area contributed by atoms with Crippen molar-refractivity contribution >= 4 is 17.3 Å². The minimum atomic E-state index is -0.717. The number of carbonyl (C=O) groups is 1. The number of thiophene rings is 1. The third-order valence-electron chi connectivity index (χ3n) is 2.27. The van der Waals surface area contributed by atoms with E-state index in [1.807, 2.05) is 5.38 Å². The van der Waals surface area contributed by atoms with Crippen molar-refractivity contribution in [1.29, 1.82) is 0 Å². The first-order chi connectivity index (χ1) is 7.20. The van der Waals surface area contributed by atoms with Crippen molar-refractivity contribution in [2.75, 3.05) is 0 Å². The van der Waals surface area contributed by atoms with Gasteiger partial charge in [0.2, 0.25) is 0 Å². The van der Waals surface area contributed by atoms with Crippen LogP contribution in [0.3, 0.4) is 0 Å². The van der Waals surface area contributed by atoms with Gasteiger partial charge >= 0.3 is 5.97 Å².